The van der Waals surface area contributed by atoms with Gasteiger partial charge in [-0.15, -0.1) is 0 Å². The summed E-state index contributed by atoms with van der Waals surface area (Å²) in [6.45, 7) is 5.89. The Labute approximate surface area is 175 Å². The minimum absolute atomic E-state index is 0.333. The van der Waals surface area contributed by atoms with Crippen molar-refractivity contribution >= 4 is 11.7 Å². The molecule has 5 nitrogen and oxygen atoms in total. The van der Waals surface area contributed by atoms with Gasteiger partial charge in [0.05, 0.1) is 23.9 Å². The van der Waals surface area contributed by atoms with Crippen LogP contribution in [0.15, 0.2) is 60.7 Å². The molecule has 1 spiro atoms. The Morgan fingerprint density at radius 1 is 0.900 bits per heavy atom. The van der Waals surface area contributed by atoms with Crippen LogP contribution in [0, 0.1) is 0 Å². The first kappa shape index (κ1) is 18.6. The minimum Gasteiger partial charge on any atom is -0.495 e. The highest BCUT2D eigenvalue weighted by Gasteiger charge is 2.53. The highest BCUT2D eigenvalue weighted by atomic mass is 16.6. The molecule has 0 amide bonds. The van der Waals surface area contributed by atoms with Gasteiger partial charge in [0.15, 0.2) is 5.60 Å². The smallest absolute Gasteiger partial charge is 0.340 e. The molecule has 1 unspecified atom stereocenters. The zero-order chi connectivity index (χ0) is 20.9. The molecule has 30 heavy (non-hydrogen) atoms. The zero-order valence-electron chi connectivity index (χ0n) is 17.3. The Morgan fingerprint density at radius 3 is 2.33 bits per heavy atom. The van der Waals surface area contributed by atoms with Crippen LogP contribution < -0.4 is 14.4 Å². The van der Waals surface area contributed by atoms with E-state index in [2.05, 4.69) is 18.7 Å². The molecule has 0 saturated heterocycles. The summed E-state index contributed by atoms with van der Waals surface area (Å²) < 4.78 is 18.3. The van der Waals surface area contributed by atoms with Crippen molar-refractivity contribution in [3.8, 4) is 17.2 Å². The Morgan fingerprint density at radius 2 is 1.60 bits per heavy atom. The molecule has 1 atom stereocenters. The monoisotopic (exact) mass is 401 g/mol. The summed E-state index contributed by atoms with van der Waals surface area (Å²) in [6, 6.07) is 19.2. The fraction of sp³-hybridized carbons (Fsp3) is 0.240. The predicted molar refractivity (Wildman–Crippen MR) is 115 cm³/mol. The lowest BCUT2D eigenvalue weighted by Crippen LogP contribution is -2.33. The lowest BCUT2D eigenvalue weighted by molar-refractivity contribution is 0.0223. The molecule has 5 rings (SSSR count). The number of ether oxygens (including phenoxy) is 3. The summed E-state index contributed by atoms with van der Waals surface area (Å²) in [6.07, 6.45) is 0. The third-order valence-electron chi connectivity index (χ3n) is 6.02. The summed E-state index contributed by atoms with van der Waals surface area (Å²) in [7, 11) is 1.66. The van der Waals surface area contributed by atoms with Crippen molar-refractivity contribution < 1.29 is 19.0 Å². The molecular weight excluding hydrogens is 378 g/mol. The van der Waals surface area contributed by atoms with Crippen molar-refractivity contribution in [1.29, 1.82) is 0 Å². The summed E-state index contributed by atoms with van der Waals surface area (Å²) in [4.78, 5) is 15.1. The van der Waals surface area contributed by atoms with Crippen molar-refractivity contribution in [2.45, 2.75) is 19.4 Å². The van der Waals surface area contributed by atoms with Gasteiger partial charge < -0.3 is 19.1 Å². The van der Waals surface area contributed by atoms with Crippen LogP contribution in [0.2, 0.25) is 0 Å². The number of esters is 1. The molecule has 0 aromatic heterocycles. The maximum Gasteiger partial charge on any atom is 0.340 e. The van der Waals surface area contributed by atoms with Crippen molar-refractivity contribution in [2.75, 3.05) is 25.1 Å². The molecule has 0 fully saturated rings. The topological polar surface area (TPSA) is 48.0 Å². The SMILES string of the molecule is CCN(CC)c1cc2c(cc1OC)C1(OC(=O)c3ccccc31)c1ccccc1O2. The third-order valence-corrected chi connectivity index (χ3v) is 6.02. The van der Waals surface area contributed by atoms with Crippen LogP contribution in [0.1, 0.15) is 40.9 Å². The Balaban J connectivity index is 1.84. The van der Waals surface area contributed by atoms with Crippen LogP contribution in [0.5, 0.6) is 17.2 Å². The van der Waals surface area contributed by atoms with E-state index in [0.717, 1.165) is 41.2 Å². The van der Waals surface area contributed by atoms with Crippen LogP contribution in [-0.4, -0.2) is 26.2 Å². The van der Waals surface area contributed by atoms with Gasteiger partial charge in [-0.05, 0) is 32.0 Å². The summed E-state index contributed by atoms with van der Waals surface area (Å²) >= 11 is 0. The number of para-hydroxylation sites is 1. The number of carbonyl (C=O) groups is 1. The first-order valence-electron chi connectivity index (χ1n) is 10.2. The first-order chi connectivity index (χ1) is 14.6. The average molecular weight is 401 g/mol. The molecule has 2 heterocycles. The van der Waals surface area contributed by atoms with Gasteiger partial charge >= 0.3 is 5.97 Å². The van der Waals surface area contributed by atoms with Crippen LogP contribution in [0.4, 0.5) is 5.69 Å². The molecule has 0 bridgehead atoms. The maximum absolute atomic E-state index is 12.9. The van der Waals surface area contributed by atoms with E-state index in [9.17, 15) is 4.79 Å². The van der Waals surface area contributed by atoms with E-state index in [0.29, 0.717) is 17.1 Å². The van der Waals surface area contributed by atoms with E-state index in [-0.39, 0.29) is 5.97 Å². The number of methoxy groups -OCH3 is 1. The van der Waals surface area contributed by atoms with Crippen LogP contribution in [-0.2, 0) is 10.3 Å². The molecule has 3 aromatic carbocycles. The van der Waals surface area contributed by atoms with Crippen LogP contribution >= 0.6 is 0 Å². The van der Waals surface area contributed by atoms with Gasteiger partial charge in [0.2, 0.25) is 0 Å². The van der Waals surface area contributed by atoms with E-state index in [4.69, 9.17) is 14.2 Å². The number of rotatable bonds is 4. The number of benzene rings is 3. The first-order valence-corrected chi connectivity index (χ1v) is 10.2. The van der Waals surface area contributed by atoms with Gasteiger partial charge in [-0.2, -0.15) is 0 Å². The molecule has 0 aliphatic carbocycles. The lowest BCUT2D eigenvalue weighted by Gasteiger charge is -2.37. The van der Waals surface area contributed by atoms with Gasteiger partial charge in [0.1, 0.15) is 17.2 Å². The van der Waals surface area contributed by atoms with Crippen molar-refractivity contribution in [3.63, 3.8) is 0 Å². The lowest BCUT2D eigenvalue weighted by atomic mass is 9.77. The maximum atomic E-state index is 12.9. The molecule has 152 valence electrons. The normalized spacial score (nSPS) is 18.2. The molecule has 3 aromatic rings. The summed E-state index contributed by atoms with van der Waals surface area (Å²) in [5.41, 5.74) is 2.87. The standard InChI is InChI=1S/C25H23NO4/c1-4-26(5-2)20-15-22-19(14-23(20)28-3)25(18-12-8-9-13-21(18)29-22)17-11-7-6-10-16(17)24(27)30-25/h6-15H,4-5H2,1-3H3. The zero-order valence-corrected chi connectivity index (χ0v) is 17.3. The Hall–Kier alpha value is -3.47. The molecule has 0 saturated carbocycles. The van der Waals surface area contributed by atoms with Crippen LogP contribution in [0.25, 0.3) is 0 Å². The van der Waals surface area contributed by atoms with Gasteiger partial charge in [-0.25, -0.2) is 4.79 Å². The summed E-state index contributed by atoms with van der Waals surface area (Å²) in [5.74, 6) is 1.74. The number of anilines is 1. The largest absolute Gasteiger partial charge is 0.495 e. The number of fused-ring (bicyclic) bond motifs is 6. The van der Waals surface area contributed by atoms with E-state index >= 15 is 0 Å². The third kappa shape index (κ3) is 2.38. The average Bonchev–Trinajstić information content (AvgIpc) is 3.08. The van der Waals surface area contributed by atoms with E-state index in [1.165, 1.54) is 0 Å². The predicted octanol–water partition coefficient (Wildman–Crippen LogP) is 5.11. The quantitative estimate of drug-likeness (QED) is 0.569. The Bertz CT molecular complexity index is 1150. The second-order valence-electron chi connectivity index (χ2n) is 7.41. The van der Waals surface area contributed by atoms with Crippen molar-refractivity contribution in [2.24, 2.45) is 0 Å². The van der Waals surface area contributed by atoms with Gasteiger partial charge in [-0.1, -0.05) is 36.4 Å². The fourth-order valence-corrected chi connectivity index (χ4v) is 4.61. The van der Waals surface area contributed by atoms with E-state index < -0.39 is 5.60 Å². The van der Waals surface area contributed by atoms with E-state index in [1.807, 2.05) is 60.7 Å². The van der Waals surface area contributed by atoms with Gasteiger partial charge in [-0.3, -0.25) is 0 Å². The molecule has 0 radical (unpaired) electrons. The minimum atomic E-state index is -1.06. The highest BCUT2D eigenvalue weighted by Crippen LogP contribution is 2.57. The fourth-order valence-electron chi connectivity index (χ4n) is 4.61. The van der Waals surface area contributed by atoms with Crippen molar-refractivity contribution in [1.82, 2.24) is 0 Å². The Kier molecular flexibility index (Phi) is 4.21. The highest BCUT2D eigenvalue weighted by molar-refractivity contribution is 5.97. The molecule has 5 heteroatoms. The molecular formula is C25H23NO4. The number of nitrogens with zero attached hydrogens (tertiary/aromatic N) is 1. The number of hydrogen-bond acceptors (Lipinski definition) is 5. The molecule has 2 aliphatic heterocycles. The van der Waals surface area contributed by atoms with Crippen LogP contribution in [0.3, 0.4) is 0 Å². The molecule has 0 N–H and O–H groups in total. The molecule has 2 aliphatic rings. The second-order valence-corrected chi connectivity index (χ2v) is 7.41. The van der Waals surface area contributed by atoms with Gasteiger partial charge in [0.25, 0.3) is 0 Å². The van der Waals surface area contributed by atoms with Crippen molar-refractivity contribution in [3.05, 3.63) is 82.9 Å². The van der Waals surface area contributed by atoms with Gasteiger partial charge in [0, 0.05) is 30.3 Å². The summed E-state index contributed by atoms with van der Waals surface area (Å²) in [5, 5.41) is 0. The second kappa shape index (κ2) is 6.80. The number of carbonyl (C=O) groups excluding carboxylic acids is 1. The number of hydrogen-bond donors (Lipinski definition) is 0. The van der Waals surface area contributed by atoms with E-state index in [1.54, 1.807) is 7.11 Å².